The fraction of sp³-hybridized carbons (Fsp3) is 0.500. The number of carbonyl (C=O) groups excluding carboxylic acids is 1. The Kier molecular flexibility index (Phi) is 2.47. The van der Waals surface area contributed by atoms with Crippen molar-refractivity contribution in [3.63, 3.8) is 0 Å². The van der Waals surface area contributed by atoms with Gasteiger partial charge in [0.25, 0.3) is 0 Å². The van der Waals surface area contributed by atoms with Gasteiger partial charge in [-0.05, 0) is 13.8 Å². The van der Waals surface area contributed by atoms with Crippen molar-refractivity contribution in [2.75, 3.05) is 0 Å². The molecule has 1 heterocycles. The van der Waals surface area contributed by atoms with Crippen molar-refractivity contribution < 1.29 is 4.79 Å². The second-order valence-corrected chi connectivity index (χ2v) is 2.82. The molecule has 0 aliphatic rings. The summed E-state index contributed by atoms with van der Waals surface area (Å²) in [6, 6.07) is 0. The number of H-pyrrole nitrogens is 1. The standard InChI is InChI=1S/C8H13N3O/c1-5-8(4-9-7(3)12)6(2)11-10-5/h4H2,1-3H3,(H,9,12)(H,10,11). The Morgan fingerprint density at radius 2 is 2.25 bits per heavy atom. The summed E-state index contributed by atoms with van der Waals surface area (Å²) in [7, 11) is 0. The molecule has 0 aliphatic heterocycles. The molecule has 1 aromatic heterocycles. The molecule has 4 heteroatoms. The van der Waals surface area contributed by atoms with Crippen LogP contribution in [0.2, 0.25) is 0 Å². The summed E-state index contributed by atoms with van der Waals surface area (Å²) in [5.74, 6) is -0.0185. The number of aryl methyl sites for hydroxylation is 2. The first kappa shape index (κ1) is 8.77. The molecule has 66 valence electrons. The van der Waals surface area contributed by atoms with Crippen LogP contribution < -0.4 is 5.32 Å². The van der Waals surface area contributed by atoms with Crippen molar-refractivity contribution in [3.05, 3.63) is 17.0 Å². The maximum atomic E-state index is 10.6. The summed E-state index contributed by atoms with van der Waals surface area (Å²) in [6.45, 7) is 5.92. The van der Waals surface area contributed by atoms with Crippen molar-refractivity contribution in [2.24, 2.45) is 0 Å². The number of hydrogen-bond acceptors (Lipinski definition) is 2. The molecule has 0 bridgehead atoms. The fourth-order valence-electron chi connectivity index (χ4n) is 1.05. The lowest BCUT2D eigenvalue weighted by Crippen LogP contribution is -2.19. The minimum absolute atomic E-state index is 0.0185. The highest BCUT2D eigenvalue weighted by molar-refractivity contribution is 5.72. The van der Waals surface area contributed by atoms with E-state index < -0.39 is 0 Å². The average Bonchev–Trinajstić information content (AvgIpc) is 2.28. The van der Waals surface area contributed by atoms with Crippen LogP contribution in [0.3, 0.4) is 0 Å². The Labute approximate surface area is 71.4 Å². The second-order valence-electron chi connectivity index (χ2n) is 2.82. The maximum absolute atomic E-state index is 10.6. The first-order valence-electron chi connectivity index (χ1n) is 3.86. The quantitative estimate of drug-likeness (QED) is 0.680. The Morgan fingerprint density at radius 3 is 2.67 bits per heavy atom. The van der Waals surface area contributed by atoms with Crippen molar-refractivity contribution in [1.82, 2.24) is 15.5 Å². The van der Waals surface area contributed by atoms with E-state index in [1.54, 1.807) is 0 Å². The van der Waals surface area contributed by atoms with Gasteiger partial charge in [0.2, 0.25) is 5.91 Å². The number of aromatic nitrogens is 2. The number of carbonyl (C=O) groups is 1. The van der Waals surface area contributed by atoms with Crippen LogP contribution in [0.15, 0.2) is 0 Å². The Morgan fingerprint density at radius 1 is 1.58 bits per heavy atom. The summed E-state index contributed by atoms with van der Waals surface area (Å²) in [6.07, 6.45) is 0. The van der Waals surface area contributed by atoms with E-state index in [2.05, 4.69) is 15.5 Å². The zero-order chi connectivity index (χ0) is 9.14. The molecule has 0 radical (unpaired) electrons. The predicted octanol–water partition coefficient (Wildman–Crippen LogP) is 0.663. The summed E-state index contributed by atoms with van der Waals surface area (Å²) in [4.78, 5) is 10.6. The normalized spacial score (nSPS) is 9.92. The smallest absolute Gasteiger partial charge is 0.217 e. The zero-order valence-corrected chi connectivity index (χ0v) is 7.56. The van der Waals surface area contributed by atoms with Gasteiger partial charge in [0.05, 0.1) is 5.69 Å². The van der Waals surface area contributed by atoms with Gasteiger partial charge in [-0.2, -0.15) is 5.10 Å². The van der Waals surface area contributed by atoms with Crippen LogP contribution in [-0.4, -0.2) is 16.1 Å². The van der Waals surface area contributed by atoms with Crippen LogP contribution in [0.1, 0.15) is 23.9 Å². The molecule has 1 aromatic rings. The lowest BCUT2D eigenvalue weighted by atomic mass is 10.2. The van der Waals surface area contributed by atoms with Crippen molar-refractivity contribution in [3.8, 4) is 0 Å². The molecular formula is C8H13N3O. The summed E-state index contributed by atoms with van der Waals surface area (Å²) in [5.41, 5.74) is 3.03. The Balaban J connectivity index is 2.68. The molecule has 0 fully saturated rings. The van der Waals surface area contributed by atoms with Crippen LogP contribution in [0.5, 0.6) is 0 Å². The minimum atomic E-state index is -0.0185. The maximum Gasteiger partial charge on any atom is 0.217 e. The highest BCUT2D eigenvalue weighted by Crippen LogP contribution is 2.07. The summed E-state index contributed by atoms with van der Waals surface area (Å²) < 4.78 is 0. The molecule has 1 amide bonds. The average molecular weight is 167 g/mol. The third-order valence-corrected chi connectivity index (χ3v) is 1.79. The van der Waals surface area contributed by atoms with Crippen LogP contribution in [0.25, 0.3) is 0 Å². The van der Waals surface area contributed by atoms with Gasteiger partial charge >= 0.3 is 0 Å². The van der Waals surface area contributed by atoms with E-state index in [4.69, 9.17) is 0 Å². The number of hydrogen-bond donors (Lipinski definition) is 2. The molecule has 0 aliphatic carbocycles. The van der Waals surface area contributed by atoms with Gasteiger partial charge < -0.3 is 5.32 Å². The number of rotatable bonds is 2. The van der Waals surface area contributed by atoms with E-state index >= 15 is 0 Å². The first-order valence-corrected chi connectivity index (χ1v) is 3.86. The van der Waals surface area contributed by atoms with Crippen LogP contribution in [-0.2, 0) is 11.3 Å². The van der Waals surface area contributed by atoms with E-state index in [1.807, 2.05) is 13.8 Å². The molecule has 12 heavy (non-hydrogen) atoms. The molecule has 0 saturated carbocycles. The van der Waals surface area contributed by atoms with Crippen molar-refractivity contribution in [2.45, 2.75) is 27.3 Å². The topological polar surface area (TPSA) is 57.8 Å². The van der Waals surface area contributed by atoms with Gasteiger partial charge in [0.1, 0.15) is 0 Å². The van der Waals surface area contributed by atoms with Gasteiger partial charge in [0.15, 0.2) is 0 Å². The third-order valence-electron chi connectivity index (χ3n) is 1.79. The molecular weight excluding hydrogens is 154 g/mol. The Bertz CT molecular complexity index is 271. The molecule has 0 spiro atoms. The predicted molar refractivity (Wildman–Crippen MR) is 45.6 cm³/mol. The second kappa shape index (κ2) is 3.38. The SMILES string of the molecule is CC(=O)NCc1c(C)n[nH]c1C. The van der Waals surface area contributed by atoms with E-state index in [0.717, 1.165) is 17.0 Å². The van der Waals surface area contributed by atoms with Crippen LogP contribution >= 0.6 is 0 Å². The van der Waals surface area contributed by atoms with Gasteiger partial charge in [0, 0.05) is 24.7 Å². The fourth-order valence-corrected chi connectivity index (χ4v) is 1.05. The molecule has 0 saturated heterocycles. The highest BCUT2D eigenvalue weighted by atomic mass is 16.1. The number of amides is 1. The molecule has 0 atom stereocenters. The number of nitrogens with zero attached hydrogens (tertiary/aromatic N) is 1. The number of aromatic amines is 1. The van der Waals surface area contributed by atoms with Crippen LogP contribution in [0, 0.1) is 13.8 Å². The van der Waals surface area contributed by atoms with Gasteiger partial charge in [-0.3, -0.25) is 9.89 Å². The van der Waals surface area contributed by atoms with E-state index in [9.17, 15) is 4.79 Å². The third kappa shape index (κ3) is 1.84. The lowest BCUT2D eigenvalue weighted by Gasteiger charge is -2.00. The highest BCUT2D eigenvalue weighted by Gasteiger charge is 2.05. The largest absolute Gasteiger partial charge is 0.352 e. The van der Waals surface area contributed by atoms with E-state index in [-0.39, 0.29) is 5.91 Å². The van der Waals surface area contributed by atoms with Crippen molar-refractivity contribution >= 4 is 5.91 Å². The molecule has 1 rings (SSSR count). The van der Waals surface area contributed by atoms with Gasteiger partial charge in [-0.15, -0.1) is 0 Å². The van der Waals surface area contributed by atoms with Crippen LogP contribution in [0.4, 0.5) is 0 Å². The molecule has 0 aromatic carbocycles. The first-order chi connectivity index (χ1) is 5.61. The molecule has 0 unspecified atom stereocenters. The van der Waals surface area contributed by atoms with E-state index in [1.165, 1.54) is 6.92 Å². The van der Waals surface area contributed by atoms with Gasteiger partial charge in [-0.25, -0.2) is 0 Å². The van der Waals surface area contributed by atoms with E-state index in [0.29, 0.717) is 6.54 Å². The Hall–Kier alpha value is -1.32. The minimum Gasteiger partial charge on any atom is -0.352 e. The van der Waals surface area contributed by atoms with Crippen molar-refractivity contribution in [1.29, 1.82) is 0 Å². The monoisotopic (exact) mass is 167 g/mol. The molecule has 4 nitrogen and oxygen atoms in total. The molecule has 2 N–H and O–H groups in total. The summed E-state index contributed by atoms with van der Waals surface area (Å²) in [5, 5.41) is 9.61. The van der Waals surface area contributed by atoms with Gasteiger partial charge in [-0.1, -0.05) is 0 Å². The zero-order valence-electron chi connectivity index (χ0n) is 7.56. The lowest BCUT2D eigenvalue weighted by molar-refractivity contribution is -0.119. The summed E-state index contributed by atoms with van der Waals surface area (Å²) >= 11 is 0. The number of nitrogens with one attached hydrogen (secondary N) is 2.